The Morgan fingerprint density at radius 1 is 1.67 bits per heavy atom. The molecule has 0 aromatic carbocycles. The first-order chi connectivity index (χ1) is 7.16. The minimum absolute atomic E-state index is 0.0258. The summed E-state index contributed by atoms with van der Waals surface area (Å²) in [5.74, 6) is 0. The molecule has 1 fully saturated rings. The highest BCUT2D eigenvalue weighted by Crippen LogP contribution is 2.24. The van der Waals surface area contributed by atoms with E-state index in [1.54, 1.807) is 11.3 Å². The van der Waals surface area contributed by atoms with Crippen LogP contribution in [0, 0.1) is 0 Å². The molecule has 0 radical (unpaired) electrons. The maximum atomic E-state index is 5.68. The number of rotatable bonds is 3. The molecule has 0 spiro atoms. The minimum Gasteiger partial charge on any atom is -0.375 e. The van der Waals surface area contributed by atoms with Crippen LogP contribution in [0.2, 0.25) is 0 Å². The molecule has 0 amide bonds. The number of ether oxygens (including phenoxy) is 1. The van der Waals surface area contributed by atoms with Gasteiger partial charge in [0.25, 0.3) is 0 Å². The van der Waals surface area contributed by atoms with Crippen LogP contribution < -0.4 is 5.32 Å². The predicted octanol–water partition coefficient (Wildman–Crippen LogP) is 2.19. The van der Waals surface area contributed by atoms with Gasteiger partial charge in [0.05, 0.1) is 16.8 Å². The number of thiazole rings is 1. The fraction of sp³-hybridized carbons (Fsp3) is 0.727. The highest BCUT2D eigenvalue weighted by Gasteiger charge is 2.28. The molecule has 1 aliphatic heterocycles. The molecule has 1 aromatic rings. The van der Waals surface area contributed by atoms with Gasteiger partial charge >= 0.3 is 0 Å². The molecule has 1 atom stereocenters. The van der Waals surface area contributed by atoms with Crippen LogP contribution in [-0.2, 0) is 11.3 Å². The van der Waals surface area contributed by atoms with Crippen molar-refractivity contribution in [3.8, 4) is 0 Å². The summed E-state index contributed by atoms with van der Waals surface area (Å²) in [5, 5.41) is 5.64. The van der Waals surface area contributed by atoms with E-state index in [4.69, 9.17) is 4.74 Å². The smallest absolute Gasteiger partial charge is 0.0795 e. The van der Waals surface area contributed by atoms with Gasteiger partial charge in [-0.05, 0) is 26.7 Å². The second-order valence-corrected chi connectivity index (χ2v) is 5.38. The number of nitrogens with one attached hydrogen (secondary N) is 1. The van der Waals surface area contributed by atoms with E-state index >= 15 is 0 Å². The quantitative estimate of drug-likeness (QED) is 0.858. The van der Waals surface area contributed by atoms with E-state index in [0.717, 1.165) is 31.7 Å². The van der Waals surface area contributed by atoms with Crippen LogP contribution in [0.25, 0.3) is 0 Å². The summed E-state index contributed by atoms with van der Waals surface area (Å²) >= 11 is 1.65. The van der Waals surface area contributed by atoms with Gasteiger partial charge in [0, 0.05) is 24.6 Å². The monoisotopic (exact) mass is 226 g/mol. The van der Waals surface area contributed by atoms with Crippen LogP contribution in [-0.4, -0.2) is 23.2 Å². The van der Waals surface area contributed by atoms with Crippen molar-refractivity contribution in [2.75, 3.05) is 6.61 Å². The molecule has 0 bridgehead atoms. The first-order valence-electron chi connectivity index (χ1n) is 5.40. The highest BCUT2D eigenvalue weighted by atomic mass is 32.1. The van der Waals surface area contributed by atoms with Gasteiger partial charge in [-0.1, -0.05) is 0 Å². The van der Waals surface area contributed by atoms with Crippen molar-refractivity contribution in [3.05, 3.63) is 16.6 Å². The zero-order chi connectivity index (χ0) is 10.7. The lowest BCUT2D eigenvalue weighted by Crippen LogP contribution is -2.43. The molecule has 1 aromatic heterocycles. The third-order valence-electron chi connectivity index (χ3n) is 2.75. The third-order valence-corrected chi connectivity index (χ3v) is 3.39. The highest BCUT2D eigenvalue weighted by molar-refractivity contribution is 7.07. The lowest BCUT2D eigenvalue weighted by molar-refractivity contribution is -0.0630. The second-order valence-electron chi connectivity index (χ2n) is 4.66. The van der Waals surface area contributed by atoms with Gasteiger partial charge in [0.15, 0.2) is 0 Å². The Morgan fingerprint density at radius 2 is 2.53 bits per heavy atom. The van der Waals surface area contributed by atoms with E-state index in [-0.39, 0.29) is 5.60 Å². The predicted molar refractivity (Wildman–Crippen MR) is 62.0 cm³/mol. The zero-order valence-corrected chi connectivity index (χ0v) is 10.1. The number of aromatic nitrogens is 1. The lowest BCUT2D eigenvalue weighted by Gasteiger charge is -2.35. The number of hydrogen-bond acceptors (Lipinski definition) is 4. The summed E-state index contributed by atoms with van der Waals surface area (Å²) in [6.45, 7) is 6.05. The van der Waals surface area contributed by atoms with E-state index in [1.165, 1.54) is 0 Å². The van der Waals surface area contributed by atoms with Gasteiger partial charge in [0.1, 0.15) is 0 Å². The normalized spacial score (nSPS) is 25.3. The van der Waals surface area contributed by atoms with Crippen LogP contribution in [0.1, 0.15) is 32.4 Å². The van der Waals surface area contributed by atoms with Crippen LogP contribution >= 0.6 is 11.3 Å². The van der Waals surface area contributed by atoms with Gasteiger partial charge in [-0.15, -0.1) is 11.3 Å². The topological polar surface area (TPSA) is 34.2 Å². The van der Waals surface area contributed by atoms with E-state index < -0.39 is 0 Å². The van der Waals surface area contributed by atoms with Crippen LogP contribution in [0.3, 0.4) is 0 Å². The molecule has 4 heteroatoms. The summed E-state index contributed by atoms with van der Waals surface area (Å²) < 4.78 is 5.68. The molecule has 1 N–H and O–H groups in total. The maximum Gasteiger partial charge on any atom is 0.0795 e. The summed E-state index contributed by atoms with van der Waals surface area (Å²) in [6.07, 6.45) is 2.19. The van der Waals surface area contributed by atoms with E-state index in [9.17, 15) is 0 Å². The fourth-order valence-corrected chi connectivity index (χ4v) is 2.54. The molecule has 2 rings (SSSR count). The first-order valence-corrected chi connectivity index (χ1v) is 6.34. The SMILES string of the molecule is CC1(C)CC(NCc2cscn2)CCO1. The van der Waals surface area contributed by atoms with Crippen LogP contribution in [0.4, 0.5) is 0 Å². The molecular weight excluding hydrogens is 208 g/mol. The fourth-order valence-electron chi connectivity index (χ4n) is 1.98. The van der Waals surface area contributed by atoms with Gasteiger partial charge in [-0.25, -0.2) is 4.98 Å². The Balaban J connectivity index is 1.80. The Labute approximate surface area is 94.9 Å². The maximum absolute atomic E-state index is 5.68. The lowest BCUT2D eigenvalue weighted by atomic mass is 9.94. The molecule has 3 nitrogen and oxygen atoms in total. The third kappa shape index (κ3) is 3.26. The molecular formula is C11H18N2OS. The largest absolute Gasteiger partial charge is 0.375 e. The average Bonchev–Trinajstić information content (AvgIpc) is 2.65. The Hall–Kier alpha value is -0.450. The van der Waals surface area contributed by atoms with Crippen molar-refractivity contribution >= 4 is 11.3 Å². The molecule has 1 aliphatic rings. The van der Waals surface area contributed by atoms with Gasteiger partial charge in [-0.2, -0.15) is 0 Å². The van der Waals surface area contributed by atoms with Crippen molar-refractivity contribution in [3.63, 3.8) is 0 Å². The van der Waals surface area contributed by atoms with Crippen molar-refractivity contribution in [1.82, 2.24) is 10.3 Å². The van der Waals surface area contributed by atoms with Gasteiger partial charge in [0.2, 0.25) is 0 Å². The van der Waals surface area contributed by atoms with Crippen molar-refractivity contribution in [2.24, 2.45) is 0 Å². The second kappa shape index (κ2) is 4.60. The molecule has 2 heterocycles. The Bertz CT molecular complexity index is 298. The van der Waals surface area contributed by atoms with Crippen LogP contribution in [0.5, 0.6) is 0 Å². The van der Waals surface area contributed by atoms with Crippen molar-refractivity contribution in [2.45, 2.75) is 44.9 Å². The molecule has 0 aliphatic carbocycles. The number of nitrogens with zero attached hydrogens (tertiary/aromatic N) is 1. The molecule has 1 saturated heterocycles. The molecule has 0 saturated carbocycles. The van der Waals surface area contributed by atoms with Gasteiger partial charge < -0.3 is 10.1 Å². The Morgan fingerprint density at radius 3 is 3.20 bits per heavy atom. The average molecular weight is 226 g/mol. The number of hydrogen-bond donors (Lipinski definition) is 1. The van der Waals surface area contributed by atoms with Crippen molar-refractivity contribution in [1.29, 1.82) is 0 Å². The molecule has 1 unspecified atom stereocenters. The van der Waals surface area contributed by atoms with E-state index in [0.29, 0.717) is 6.04 Å². The Kier molecular flexibility index (Phi) is 3.38. The first kappa shape index (κ1) is 11.0. The molecule has 15 heavy (non-hydrogen) atoms. The summed E-state index contributed by atoms with van der Waals surface area (Å²) in [6, 6.07) is 0.565. The standard InChI is InChI=1S/C11H18N2OS/c1-11(2)5-9(3-4-14-11)12-6-10-7-15-8-13-10/h7-9,12H,3-6H2,1-2H3. The zero-order valence-electron chi connectivity index (χ0n) is 9.32. The van der Waals surface area contributed by atoms with Crippen molar-refractivity contribution < 1.29 is 4.74 Å². The van der Waals surface area contributed by atoms with Gasteiger partial charge in [-0.3, -0.25) is 0 Å². The minimum atomic E-state index is 0.0258. The molecule has 84 valence electrons. The summed E-state index contributed by atoms with van der Waals surface area (Å²) in [4.78, 5) is 4.26. The van der Waals surface area contributed by atoms with Crippen LogP contribution in [0.15, 0.2) is 10.9 Å². The van der Waals surface area contributed by atoms with E-state index in [1.807, 2.05) is 5.51 Å². The summed E-state index contributed by atoms with van der Waals surface area (Å²) in [7, 11) is 0. The van der Waals surface area contributed by atoms with E-state index in [2.05, 4.69) is 29.5 Å². The summed E-state index contributed by atoms with van der Waals surface area (Å²) in [5.41, 5.74) is 3.05.